The number of hydrogen-bond donors (Lipinski definition) is 1. The van der Waals surface area contributed by atoms with Crippen LogP contribution in [0.15, 0.2) is 0 Å². The molecule has 7 heteroatoms. The van der Waals surface area contributed by atoms with Gasteiger partial charge in [0.1, 0.15) is 0 Å². The van der Waals surface area contributed by atoms with E-state index < -0.39 is 7.82 Å². The van der Waals surface area contributed by atoms with Crippen molar-refractivity contribution in [2.24, 2.45) is 0 Å². The van der Waals surface area contributed by atoms with Gasteiger partial charge in [-0.25, -0.2) is 0 Å². The molecule has 0 saturated heterocycles. The Bertz CT molecular complexity index is 57.8. The summed E-state index contributed by atoms with van der Waals surface area (Å²) in [6.07, 6.45) is 0. The summed E-state index contributed by atoms with van der Waals surface area (Å²) < 4.78 is 8.66. The summed E-state index contributed by atoms with van der Waals surface area (Å²) in [6, 6.07) is 0. The normalized spacial score (nSPS) is 8.43. The largest absolute Gasteiger partial charge is 1.00 e. The summed E-state index contributed by atoms with van der Waals surface area (Å²) in [4.78, 5) is 24.3. The minimum absolute atomic E-state index is 0. The van der Waals surface area contributed by atoms with Crippen LogP contribution in [0.25, 0.3) is 0 Å². The van der Waals surface area contributed by atoms with Crippen molar-refractivity contribution in [3.63, 3.8) is 0 Å². The summed E-state index contributed by atoms with van der Waals surface area (Å²) in [6.45, 7) is 0. The second-order valence-electron chi connectivity index (χ2n) is 0.469. The number of phosphoric acid groups is 1. The molecule has 0 aliphatic carbocycles. The molecule has 0 aromatic carbocycles. The van der Waals surface area contributed by atoms with Crippen molar-refractivity contribution >= 4 is 7.82 Å². The van der Waals surface area contributed by atoms with Gasteiger partial charge in [0, 0.05) is 0 Å². The second kappa shape index (κ2) is 5.98. The fourth-order valence-corrected chi connectivity index (χ4v) is 0. The van der Waals surface area contributed by atoms with E-state index in [-0.39, 0.29) is 51.9 Å². The monoisotopic (exact) mass is 226 g/mol. The van der Waals surface area contributed by atoms with Crippen molar-refractivity contribution in [3.8, 4) is 0 Å². The first-order valence-electron chi connectivity index (χ1n) is 0.748. The van der Waals surface area contributed by atoms with Gasteiger partial charge in [0.25, 0.3) is 0 Å². The van der Waals surface area contributed by atoms with E-state index in [0.29, 0.717) is 0 Å². The Morgan fingerprint density at radius 3 is 1.43 bits per heavy atom. The van der Waals surface area contributed by atoms with E-state index in [0.717, 1.165) is 0 Å². The Morgan fingerprint density at radius 2 is 1.43 bits per heavy atom. The minimum Gasteiger partial charge on any atom is -0.790 e. The standard InChI is InChI=1S/Ag.Na.H3O4P/c;;1-5(2,3)4/h;;(H3,1,2,3,4)/q2*+1;/p-2. The van der Waals surface area contributed by atoms with Gasteiger partial charge in [-0.3, -0.25) is 0 Å². The summed E-state index contributed by atoms with van der Waals surface area (Å²) in [7, 11) is -5.14. The van der Waals surface area contributed by atoms with Crippen LogP contribution in [-0.4, -0.2) is 4.89 Å². The maximum Gasteiger partial charge on any atom is 1.00 e. The molecule has 7 heavy (non-hydrogen) atoms. The van der Waals surface area contributed by atoms with Crippen LogP contribution in [0.4, 0.5) is 0 Å². The predicted molar refractivity (Wildman–Crippen MR) is 9.83 cm³/mol. The van der Waals surface area contributed by atoms with Crippen LogP contribution in [-0.2, 0) is 26.9 Å². The molecule has 1 N–H and O–H groups in total. The molecular formula is HAgNaO4P. The van der Waals surface area contributed by atoms with Crippen LogP contribution in [0.2, 0.25) is 0 Å². The molecule has 0 spiro atoms. The van der Waals surface area contributed by atoms with Gasteiger partial charge in [-0.2, -0.15) is 0 Å². The van der Waals surface area contributed by atoms with Gasteiger partial charge in [0.05, 0.1) is 7.82 Å². The van der Waals surface area contributed by atoms with Gasteiger partial charge >= 0.3 is 51.9 Å². The number of hydrogen-bond acceptors (Lipinski definition) is 3. The molecule has 0 atom stereocenters. The Balaban J connectivity index is -0.0000000800. The van der Waals surface area contributed by atoms with E-state index in [4.69, 9.17) is 19.2 Å². The zero-order chi connectivity index (χ0) is 4.50. The van der Waals surface area contributed by atoms with Gasteiger partial charge in [-0.15, -0.1) is 0 Å². The van der Waals surface area contributed by atoms with E-state index >= 15 is 0 Å². The van der Waals surface area contributed by atoms with Crippen LogP contribution in [0.1, 0.15) is 0 Å². The van der Waals surface area contributed by atoms with Gasteiger partial charge in [-0.05, 0) is 0 Å². The molecule has 0 heterocycles. The molecule has 0 aromatic rings. The quantitative estimate of drug-likeness (QED) is 0.331. The van der Waals surface area contributed by atoms with Gasteiger partial charge < -0.3 is 19.2 Å². The van der Waals surface area contributed by atoms with E-state index in [1.807, 2.05) is 0 Å². The minimum atomic E-state index is -5.14. The molecule has 0 bridgehead atoms. The topological polar surface area (TPSA) is 83.4 Å². The first-order chi connectivity index (χ1) is 2.00. The maximum atomic E-state index is 8.66. The molecule has 0 rings (SSSR count). The molecule has 0 fully saturated rings. The van der Waals surface area contributed by atoms with Crippen LogP contribution < -0.4 is 39.3 Å². The molecule has 4 nitrogen and oxygen atoms in total. The second-order valence-corrected chi connectivity index (χ2v) is 1.41. The summed E-state index contributed by atoms with van der Waals surface area (Å²) in [5.41, 5.74) is 0. The Labute approximate surface area is 78.4 Å². The third-order valence-corrected chi connectivity index (χ3v) is 0. The Hall–Kier alpha value is 1.85. The zero-order valence-electron chi connectivity index (χ0n) is 3.42. The van der Waals surface area contributed by atoms with Crippen molar-refractivity contribution in [1.29, 1.82) is 0 Å². The maximum absolute atomic E-state index is 8.66. The van der Waals surface area contributed by atoms with Crippen molar-refractivity contribution in [2.45, 2.75) is 0 Å². The Kier molecular flexibility index (Phi) is 13.6. The zero-order valence-corrected chi connectivity index (χ0v) is 7.80. The van der Waals surface area contributed by atoms with E-state index in [9.17, 15) is 0 Å². The first-order valence-corrected chi connectivity index (χ1v) is 2.24. The van der Waals surface area contributed by atoms with Crippen LogP contribution in [0.3, 0.4) is 0 Å². The van der Waals surface area contributed by atoms with Crippen molar-refractivity contribution in [3.05, 3.63) is 0 Å². The molecule has 0 saturated carbocycles. The van der Waals surface area contributed by atoms with Crippen molar-refractivity contribution in [2.75, 3.05) is 0 Å². The van der Waals surface area contributed by atoms with E-state index in [1.165, 1.54) is 0 Å². The third-order valence-electron chi connectivity index (χ3n) is 0. The van der Waals surface area contributed by atoms with E-state index in [1.54, 1.807) is 0 Å². The van der Waals surface area contributed by atoms with Gasteiger partial charge in [0.15, 0.2) is 0 Å². The predicted octanol–water partition coefficient (Wildman–Crippen LogP) is -5.19. The molecule has 42 valence electrons. The van der Waals surface area contributed by atoms with Gasteiger partial charge in [0.2, 0.25) is 0 Å². The summed E-state index contributed by atoms with van der Waals surface area (Å²) in [5, 5.41) is 0. The molecule has 0 aliphatic heterocycles. The third kappa shape index (κ3) is 78.5. The molecule has 0 aromatic heterocycles. The summed E-state index contributed by atoms with van der Waals surface area (Å²) in [5.74, 6) is 0. The molecule has 0 unspecified atom stereocenters. The van der Waals surface area contributed by atoms with Crippen LogP contribution in [0, 0.1) is 0 Å². The van der Waals surface area contributed by atoms with Crippen LogP contribution in [0.5, 0.6) is 0 Å². The van der Waals surface area contributed by atoms with E-state index in [2.05, 4.69) is 0 Å². The first kappa shape index (κ1) is 15.9. The van der Waals surface area contributed by atoms with Gasteiger partial charge in [-0.1, -0.05) is 0 Å². The average Bonchev–Trinajstić information content (AvgIpc) is 0.722. The molecular weight excluding hydrogens is 226 g/mol. The van der Waals surface area contributed by atoms with Crippen molar-refractivity contribution in [1.82, 2.24) is 0 Å². The molecule has 0 aliphatic rings. The number of rotatable bonds is 0. The average molecular weight is 227 g/mol. The van der Waals surface area contributed by atoms with Crippen molar-refractivity contribution < 1.29 is 71.2 Å². The molecule has 0 amide bonds. The Morgan fingerprint density at radius 1 is 1.43 bits per heavy atom. The smallest absolute Gasteiger partial charge is 0.790 e. The SMILES string of the molecule is O=P([O-])([O-])O.[Ag+].[Na+]. The van der Waals surface area contributed by atoms with Crippen LogP contribution >= 0.6 is 7.82 Å². The summed E-state index contributed by atoms with van der Waals surface area (Å²) >= 11 is 0. The fourth-order valence-electron chi connectivity index (χ4n) is 0. The fraction of sp³-hybridized carbons (Fsp3) is 0. The molecule has 0 radical (unpaired) electrons.